The summed E-state index contributed by atoms with van der Waals surface area (Å²) in [7, 11) is 1.58. The molecule has 4 rings (SSSR count). The minimum atomic E-state index is -0.961. The molecule has 0 saturated heterocycles. The number of hydrogen-bond donors (Lipinski definition) is 3. The first-order valence-electron chi connectivity index (χ1n) is 11.5. The summed E-state index contributed by atoms with van der Waals surface area (Å²) >= 11 is 0. The zero-order valence-electron chi connectivity index (χ0n) is 19.7. The number of amides is 1. The maximum Gasteiger partial charge on any atom is 0.217 e. The van der Waals surface area contributed by atoms with Crippen LogP contribution in [0.5, 0.6) is 5.88 Å². The van der Waals surface area contributed by atoms with Crippen LogP contribution in [0, 0.1) is 11.6 Å². The van der Waals surface area contributed by atoms with Crippen LogP contribution >= 0.6 is 0 Å². The van der Waals surface area contributed by atoms with E-state index in [1.54, 1.807) is 13.3 Å². The monoisotopic (exact) mass is 481 g/mol. The molecule has 1 fully saturated rings. The van der Waals surface area contributed by atoms with Crippen molar-refractivity contribution in [3.63, 3.8) is 0 Å². The topological polar surface area (TPSA) is 83.5 Å². The van der Waals surface area contributed by atoms with Gasteiger partial charge in [0.15, 0.2) is 0 Å². The normalized spacial score (nSPS) is 15.8. The summed E-state index contributed by atoms with van der Waals surface area (Å²) in [5.41, 5.74) is 3.18. The molecule has 1 aliphatic rings. The van der Waals surface area contributed by atoms with E-state index in [1.807, 2.05) is 30.3 Å². The van der Waals surface area contributed by atoms with Gasteiger partial charge in [0.05, 0.1) is 19.3 Å². The summed E-state index contributed by atoms with van der Waals surface area (Å²) < 4.78 is 32.4. The average molecular weight is 482 g/mol. The molecule has 0 bridgehead atoms. The Morgan fingerprint density at radius 3 is 2.46 bits per heavy atom. The summed E-state index contributed by atoms with van der Waals surface area (Å²) in [6.07, 6.45) is 2.72. The van der Waals surface area contributed by atoms with Crippen molar-refractivity contribution in [1.29, 1.82) is 0 Å². The molecule has 0 aliphatic heterocycles. The van der Waals surface area contributed by atoms with E-state index in [0.717, 1.165) is 35.6 Å². The lowest BCUT2D eigenvalue weighted by Crippen LogP contribution is -2.49. The molecule has 184 valence electrons. The molecule has 1 saturated carbocycles. The molecule has 1 aromatic heterocycles. The lowest BCUT2D eigenvalue weighted by atomic mass is 9.97. The molecule has 2 atom stereocenters. The molecule has 8 heteroatoms. The van der Waals surface area contributed by atoms with E-state index in [-0.39, 0.29) is 24.4 Å². The highest BCUT2D eigenvalue weighted by molar-refractivity contribution is 5.73. The number of aromatic nitrogens is 1. The molecular formula is C27H29F2N3O3. The second-order valence-corrected chi connectivity index (χ2v) is 8.99. The zero-order valence-corrected chi connectivity index (χ0v) is 19.7. The van der Waals surface area contributed by atoms with Gasteiger partial charge in [-0.15, -0.1) is 0 Å². The number of halogens is 2. The fourth-order valence-corrected chi connectivity index (χ4v) is 4.33. The van der Waals surface area contributed by atoms with Gasteiger partial charge in [0, 0.05) is 42.9 Å². The number of aliphatic hydroxyl groups excluding tert-OH is 1. The average Bonchev–Trinajstić information content (AvgIpc) is 3.63. The Morgan fingerprint density at radius 2 is 1.86 bits per heavy atom. The van der Waals surface area contributed by atoms with Gasteiger partial charge in [-0.2, -0.15) is 0 Å². The van der Waals surface area contributed by atoms with Gasteiger partial charge >= 0.3 is 0 Å². The second kappa shape index (κ2) is 10.5. The van der Waals surface area contributed by atoms with E-state index < -0.39 is 23.8 Å². The van der Waals surface area contributed by atoms with Crippen LogP contribution in [0.25, 0.3) is 11.1 Å². The van der Waals surface area contributed by atoms with Crippen LogP contribution in [0.15, 0.2) is 60.8 Å². The van der Waals surface area contributed by atoms with Crippen molar-refractivity contribution >= 4 is 5.91 Å². The van der Waals surface area contributed by atoms with E-state index in [1.165, 1.54) is 19.1 Å². The molecule has 1 heterocycles. The highest BCUT2D eigenvalue weighted by atomic mass is 19.1. The van der Waals surface area contributed by atoms with Crippen LogP contribution in [0.1, 0.15) is 30.9 Å². The predicted molar refractivity (Wildman–Crippen MR) is 129 cm³/mol. The molecule has 1 amide bonds. The molecule has 35 heavy (non-hydrogen) atoms. The molecule has 6 nitrogen and oxygen atoms in total. The number of nitrogens with zero attached hydrogens (tertiary/aromatic N) is 1. The fraction of sp³-hybridized carbons (Fsp3) is 0.333. The third kappa shape index (κ3) is 6.21. The van der Waals surface area contributed by atoms with Gasteiger partial charge in [0.2, 0.25) is 11.8 Å². The molecule has 3 aromatic rings. The Bertz CT molecular complexity index is 1160. The molecule has 2 aromatic carbocycles. The summed E-state index contributed by atoms with van der Waals surface area (Å²) in [6, 6.07) is 14.4. The predicted octanol–water partition coefficient (Wildman–Crippen LogP) is 3.72. The molecule has 3 N–H and O–H groups in total. The van der Waals surface area contributed by atoms with Crippen LogP contribution in [0.2, 0.25) is 0 Å². The maximum atomic E-state index is 13.6. The zero-order chi connectivity index (χ0) is 25.0. The van der Waals surface area contributed by atoms with Gasteiger partial charge in [-0.3, -0.25) is 4.79 Å². The fourth-order valence-electron chi connectivity index (χ4n) is 4.33. The number of rotatable bonds is 10. The van der Waals surface area contributed by atoms with E-state index in [0.29, 0.717) is 11.4 Å². The van der Waals surface area contributed by atoms with Crippen molar-refractivity contribution in [1.82, 2.24) is 15.6 Å². The highest BCUT2D eigenvalue weighted by Gasteiger charge is 2.44. The molecule has 0 unspecified atom stereocenters. The SMILES string of the molecule is COc1ccc(-c2cccc(C3(NC[C@@H](O)[C@H](Cc4cc(F)cc(F)c4)NC(C)=O)CC3)c2)cn1. The van der Waals surface area contributed by atoms with Gasteiger partial charge in [-0.05, 0) is 60.2 Å². The van der Waals surface area contributed by atoms with Crippen molar-refractivity contribution in [3.05, 3.63) is 83.6 Å². The lowest BCUT2D eigenvalue weighted by molar-refractivity contribution is -0.120. The van der Waals surface area contributed by atoms with E-state index in [4.69, 9.17) is 4.74 Å². The standard InChI is InChI=1S/C27H29F2N3O3/c1-17(33)32-24(12-18-10-22(28)14-23(29)11-18)25(34)16-31-27(8-9-27)21-5-3-4-19(13-21)20-6-7-26(35-2)30-15-20/h3-7,10-11,13-15,24-25,31,34H,8-9,12,16H2,1-2H3,(H,32,33)/t24-,25+/m0/s1. The Morgan fingerprint density at radius 1 is 1.11 bits per heavy atom. The Balaban J connectivity index is 1.45. The molecule has 1 aliphatic carbocycles. The number of pyridine rings is 1. The van der Waals surface area contributed by atoms with Gasteiger partial charge in [-0.1, -0.05) is 18.2 Å². The summed E-state index contributed by atoms with van der Waals surface area (Å²) in [5, 5.41) is 17.1. The van der Waals surface area contributed by atoms with E-state index >= 15 is 0 Å². The van der Waals surface area contributed by atoms with Crippen molar-refractivity contribution in [2.75, 3.05) is 13.7 Å². The number of carbonyl (C=O) groups excluding carboxylic acids is 1. The largest absolute Gasteiger partial charge is 0.481 e. The van der Waals surface area contributed by atoms with Crippen molar-refractivity contribution in [2.45, 2.75) is 43.9 Å². The van der Waals surface area contributed by atoms with Crippen LogP contribution in [0.3, 0.4) is 0 Å². The number of benzene rings is 2. The molecule has 0 radical (unpaired) electrons. The van der Waals surface area contributed by atoms with E-state index in [9.17, 15) is 18.7 Å². The lowest BCUT2D eigenvalue weighted by Gasteiger charge is -2.27. The first-order valence-corrected chi connectivity index (χ1v) is 11.5. The Labute approximate surface area is 203 Å². The van der Waals surface area contributed by atoms with Crippen molar-refractivity contribution in [2.24, 2.45) is 0 Å². The van der Waals surface area contributed by atoms with Crippen LogP contribution in [-0.4, -0.2) is 41.8 Å². The number of aliphatic hydroxyl groups is 1. The summed E-state index contributed by atoms with van der Waals surface area (Å²) in [4.78, 5) is 16.0. The van der Waals surface area contributed by atoms with Gasteiger partial charge < -0.3 is 20.5 Å². The first-order chi connectivity index (χ1) is 16.8. The van der Waals surface area contributed by atoms with Crippen molar-refractivity contribution < 1.29 is 23.4 Å². The molecule has 0 spiro atoms. The first kappa shape index (κ1) is 24.8. The van der Waals surface area contributed by atoms with Crippen LogP contribution < -0.4 is 15.4 Å². The van der Waals surface area contributed by atoms with Crippen LogP contribution in [0.4, 0.5) is 8.78 Å². The van der Waals surface area contributed by atoms with Gasteiger partial charge in [-0.25, -0.2) is 13.8 Å². The number of nitrogens with one attached hydrogen (secondary N) is 2. The van der Waals surface area contributed by atoms with Gasteiger partial charge in [0.1, 0.15) is 11.6 Å². The highest BCUT2D eigenvalue weighted by Crippen LogP contribution is 2.46. The summed E-state index contributed by atoms with van der Waals surface area (Å²) in [5.74, 6) is -1.17. The van der Waals surface area contributed by atoms with Crippen LogP contribution in [-0.2, 0) is 16.8 Å². The van der Waals surface area contributed by atoms with E-state index in [2.05, 4.69) is 21.7 Å². The second-order valence-electron chi connectivity index (χ2n) is 8.99. The van der Waals surface area contributed by atoms with Gasteiger partial charge in [0.25, 0.3) is 0 Å². The number of carbonyl (C=O) groups is 1. The number of hydrogen-bond acceptors (Lipinski definition) is 5. The number of ether oxygens (including phenoxy) is 1. The summed E-state index contributed by atoms with van der Waals surface area (Å²) in [6.45, 7) is 1.55. The minimum absolute atomic E-state index is 0.101. The quantitative estimate of drug-likeness (QED) is 0.411. The maximum absolute atomic E-state index is 13.6. The molecular weight excluding hydrogens is 452 g/mol. The minimum Gasteiger partial charge on any atom is -0.481 e. The third-order valence-corrected chi connectivity index (χ3v) is 6.32. The Hall–Kier alpha value is -3.36. The third-order valence-electron chi connectivity index (χ3n) is 6.32. The van der Waals surface area contributed by atoms with Crippen molar-refractivity contribution in [3.8, 4) is 17.0 Å². The Kier molecular flexibility index (Phi) is 7.42. The smallest absolute Gasteiger partial charge is 0.217 e. The number of methoxy groups -OCH3 is 1.